The first-order chi connectivity index (χ1) is 9.03. The number of hydrogen-bond donors (Lipinski definition) is 2. The minimum atomic E-state index is -0.441. The minimum absolute atomic E-state index is 0. The van der Waals surface area contributed by atoms with E-state index in [-0.39, 0.29) is 23.7 Å². The van der Waals surface area contributed by atoms with Gasteiger partial charge in [0.05, 0.1) is 6.04 Å². The highest BCUT2D eigenvalue weighted by Gasteiger charge is 2.35. The Hall–Kier alpha value is -0.580. The maximum Gasteiger partial charge on any atom is 0.236 e. The second-order valence-corrected chi connectivity index (χ2v) is 6.42. The van der Waals surface area contributed by atoms with E-state index in [0.29, 0.717) is 6.54 Å². The summed E-state index contributed by atoms with van der Waals surface area (Å²) in [5.41, 5.74) is 7.01. The van der Waals surface area contributed by atoms with Crippen LogP contribution in [0.2, 0.25) is 0 Å². The lowest BCUT2D eigenvalue weighted by atomic mass is 9.79. The first-order valence-corrected chi connectivity index (χ1v) is 7.62. The maximum atomic E-state index is 11.7. The highest BCUT2D eigenvalue weighted by molar-refractivity contribution is 9.10. The largest absolute Gasteiger partial charge is 0.354 e. The molecule has 1 saturated carbocycles. The fraction of sp³-hybridized carbons (Fsp3) is 0.533. The van der Waals surface area contributed by atoms with E-state index in [0.717, 1.165) is 17.3 Å². The van der Waals surface area contributed by atoms with Gasteiger partial charge in [0.2, 0.25) is 5.91 Å². The molecule has 0 spiro atoms. The van der Waals surface area contributed by atoms with E-state index in [1.54, 1.807) is 6.92 Å². The van der Waals surface area contributed by atoms with Crippen molar-refractivity contribution < 1.29 is 4.79 Å². The Morgan fingerprint density at radius 3 is 2.40 bits per heavy atom. The van der Waals surface area contributed by atoms with E-state index in [4.69, 9.17) is 5.73 Å². The molecular weight excluding hydrogens is 340 g/mol. The predicted octanol–water partition coefficient (Wildman–Crippen LogP) is 3.15. The van der Waals surface area contributed by atoms with Crippen molar-refractivity contribution in [1.82, 2.24) is 5.32 Å². The van der Waals surface area contributed by atoms with Crippen LogP contribution in [-0.2, 0) is 10.2 Å². The van der Waals surface area contributed by atoms with Crippen LogP contribution >= 0.6 is 28.3 Å². The van der Waals surface area contributed by atoms with Crippen molar-refractivity contribution in [3.63, 3.8) is 0 Å². The molecule has 0 aliphatic heterocycles. The fourth-order valence-electron chi connectivity index (χ4n) is 2.84. The minimum Gasteiger partial charge on any atom is -0.354 e. The van der Waals surface area contributed by atoms with Gasteiger partial charge in [-0.25, -0.2) is 0 Å². The smallest absolute Gasteiger partial charge is 0.236 e. The summed E-state index contributed by atoms with van der Waals surface area (Å²) in [7, 11) is 0. The molecule has 0 saturated heterocycles. The van der Waals surface area contributed by atoms with Gasteiger partial charge in [0.1, 0.15) is 0 Å². The molecular formula is C15H22BrClN2O. The van der Waals surface area contributed by atoms with Crippen LogP contribution in [0, 0.1) is 0 Å². The van der Waals surface area contributed by atoms with Crippen LogP contribution in [0.5, 0.6) is 0 Å². The first-order valence-electron chi connectivity index (χ1n) is 6.83. The Morgan fingerprint density at radius 1 is 1.35 bits per heavy atom. The van der Waals surface area contributed by atoms with Gasteiger partial charge in [-0.05, 0) is 37.5 Å². The van der Waals surface area contributed by atoms with Gasteiger partial charge in [0.25, 0.3) is 0 Å². The lowest BCUT2D eigenvalue weighted by Crippen LogP contribution is -2.45. The molecule has 0 radical (unpaired) electrons. The Labute approximate surface area is 135 Å². The lowest BCUT2D eigenvalue weighted by molar-refractivity contribution is -0.122. The van der Waals surface area contributed by atoms with Gasteiger partial charge in [0.15, 0.2) is 0 Å². The van der Waals surface area contributed by atoms with Crippen LogP contribution < -0.4 is 11.1 Å². The molecule has 1 aromatic carbocycles. The zero-order chi connectivity index (χ0) is 13.9. The van der Waals surface area contributed by atoms with Crippen molar-refractivity contribution in [2.24, 2.45) is 5.73 Å². The molecule has 1 fully saturated rings. The van der Waals surface area contributed by atoms with Gasteiger partial charge in [-0.2, -0.15) is 0 Å². The zero-order valence-electron chi connectivity index (χ0n) is 11.7. The number of hydrogen-bond acceptors (Lipinski definition) is 2. The molecule has 0 heterocycles. The number of benzene rings is 1. The van der Waals surface area contributed by atoms with E-state index in [9.17, 15) is 4.79 Å². The van der Waals surface area contributed by atoms with Gasteiger partial charge in [0, 0.05) is 16.4 Å². The van der Waals surface area contributed by atoms with E-state index in [1.807, 2.05) is 0 Å². The maximum absolute atomic E-state index is 11.7. The SMILES string of the molecule is C[C@H](N)C(=O)NCC1(c2ccc(Br)cc2)CCCC1.Cl. The van der Waals surface area contributed by atoms with E-state index < -0.39 is 6.04 Å². The number of amides is 1. The third kappa shape index (κ3) is 3.96. The van der Waals surface area contributed by atoms with E-state index in [1.165, 1.54) is 18.4 Å². The van der Waals surface area contributed by atoms with E-state index in [2.05, 4.69) is 45.5 Å². The number of nitrogens with two attached hydrogens (primary N) is 1. The molecule has 1 atom stereocenters. The van der Waals surface area contributed by atoms with Crippen LogP contribution in [0.4, 0.5) is 0 Å². The van der Waals surface area contributed by atoms with Gasteiger partial charge in [-0.15, -0.1) is 12.4 Å². The second kappa shape index (κ2) is 7.43. The normalized spacial score (nSPS) is 18.1. The average molecular weight is 362 g/mol. The monoisotopic (exact) mass is 360 g/mol. The molecule has 1 aliphatic carbocycles. The molecule has 112 valence electrons. The lowest BCUT2D eigenvalue weighted by Gasteiger charge is -2.30. The van der Waals surface area contributed by atoms with Gasteiger partial charge >= 0.3 is 0 Å². The van der Waals surface area contributed by atoms with Crippen molar-refractivity contribution in [2.75, 3.05) is 6.54 Å². The Morgan fingerprint density at radius 2 is 1.90 bits per heavy atom. The van der Waals surface area contributed by atoms with Gasteiger partial charge in [-0.3, -0.25) is 4.79 Å². The predicted molar refractivity (Wildman–Crippen MR) is 88.2 cm³/mol. The zero-order valence-corrected chi connectivity index (χ0v) is 14.1. The Bertz CT molecular complexity index is 442. The number of carbonyl (C=O) groups excluding carboxylic acids is 1. The molecule has 1 aromatic rings. The Kier molecular flexibility index (Phi) is 6.49. The quantitative estimate of drug-likeness (QED) is 0.865. The van der Waals surface area contributed by atoms with Crippen molar-refractivity contribution in [2.45, 2.75) is 44.1 Å². The molecule has 3 N–H and O–H groups in total. The van der Waals surface area contributed by atoms with Gasteiger partial charge < -0.3 is 11.1 Å². The summed E-state index contributed by atoms with van der Waals surface area (Å²) in [6.45, 7) is 2.41. The summed E-state index contributed by atoms with van der Waals surface area (Å²) in [5.74, 6) is -0.0663. The van der Waals surface area contributed by atoms with Crippen molar-refractivity contribution in [3.05, 3.63) is 34.3 Å². The third-order valence-corrected chi connectivity index (χ3v) is 4.56. The molecule has 0 unspecified atom stereocenters. The fourth-order valence-corrected chi connectivity index (χ4v) is 3.10. The summed E-state index contributed by atoms with van der Waals surface area (Å²) < 4.78 is 1.09. The van der Waals surface area contributed by atoms with Crippen molar-refractivity contribution in [1.29, 1.82) is 0 Å². The van der Waals surface area contributed by atoms with Crippen LogP contribution in [0.1, 0.15) is 38.2 Å². The van der Waals surface area contributed by atoms with Crippen LogP contribution in [0.3, 0.4) is 0 Å². The number of carbonyl (C=O) groups is 1. The number of rotatable bonds is 4. The molecule has 1 amide bonds. The molecule has 3 nitrogen and oxygen atoms in total. The average Bonchev–Trinajstić information content (AvgIpc) is 2.86. The van der Waals surface area contributed by atoms with Crippen LogP contribution in [0.15, 0.2) is 28.7 Å². The standard InChI is InChI=1S/C15H21BrN2O.ClH/c1-11(17)14(19)18-10-15(8-2-3-9-15)12-4-6-13(16)7-5-12;/h4-7,11H,2-3,8-10,17H2,1H3,(H,18,19);1H/t11-;/m0./s1. The highest BCUT2D eigenvalue weighted by Crippen LogP contribution is 2.40. The van der Waals surface area contributed by atoms with E-state index >= 15 is 0 Å². The summed E-state index contributed by atoms with van der Waals surface area (Å²) in [5, 5.41) is 3.00. The molecule has 5 heteroatoms. The molecule has 0 aromatic heterocycles. The third-order valence-electron chi connectivity index (χ3n) is 4.03. The first kappa shape index (κ1) is 17.5. The summed E-state index contributed by atoms with van der Waals surface area (Å²) >= 11 is 3.47. The summed E-state index contributed by atoms with van der Waals surface area (Å²) in [4.78, 5) is 11.7. The topological polar surface area (TPSA) is 55.1 Å². The van der Waals surface area contributed by atoms with Gasteiger partial charge in [-0.1, -0.05) is 40.9 Å². The molecule has 0 bridgehead atoms. The number of nitrogens with one attached hydrogen (secondary N) is 1. The summed E-state index contributed by atoms with van der Waals surface area (Å²) in [6, 6.07) is 8.02. The summed E-state index contributed by atoms with van der Waals surface area (Å²) in [6.07, 6.45) is 4.72. The Balaban J connectivity index is 0.00000200. The molecule has 20 heavy (non-hydrogen) atoms. The van der Waals surface area contributed by atoms with Crippen molar-refractivity contribution >= 4 is 34.2 Å². The van der Waals surface area contributed by atoms with Crippen LogP contribution in [0.25, 0.3) is 0 Å². The second-order valence-electron chi connectivity index (χ2n) is 5.50. The van der Waals surface area contributed by atoms with Crippen LogP contribution in [-0.4, -0.2) is 18.5 Å². The molecule has 2 rings (SSSR count). The highest BCUT2D eigenvalue weighted by atomic mass is 79.9. The van der Waals surface area contributed by atoms with Crippen molar-refractivity contribution in [3.8, 4) is 0 Å². The molecule has 1 aliphatic rings. The number of halogens is 2.